The van der Waals surface area contributed by atoms with E-state index in [0.717, 1.165) is 5.39 Å². The van der Waals surface area contributed by atoms with Gasteiger partial charge in [-0.1, -0.05) is 18.2 Å². The van der Waals surface area contributed by atoms with Gasteiger partial charge < -0.3 is 11.1 Å². The minimum atomic E-state index is -1.90. The first-order valence-corrected chi connectivity index (χ1v) is 12.0. The molecule has 0 aliphatic carbocycles. The number of allylic oxidation sites excluding steroid dienone is 1. The van der Waals surface area contributed by atoms with Crippen molar-refractivity contribution in [3.63, 3.8) is 0 Å². The first-order chi connectivity index (χ1) is 16.8. The summed E-state index contributed by atoms with van der Waals surface area (Å²) in [5.74, 6) is 3.54. The summed E-state index contributed by atoms with van der Waals surface area (Å²) in [6.07, 6.45) is 4.52. The molecule has 0 fully saturated rings. The summed E-state index contributed by atoms with van der Waals surface area (Å²) in [5.41, 5.74) is 8.19. The zero-order chi connectivity index (χ0) is 25.1. The van der Waals surface area contributed by atoms with Crippen LogP contribution in [0.4, 0.5) is 15.9 Å². The van der Waals surface area contributed by atoms with E-state index in [1.807, 2.05) is 0 Å². The topological polar surface area (TPSA) is 133 Å². The van der Waals surface area contributed by atoms with Crippen molar-refractivity contribution < 1.29 is 17.7 Å². The zero-order valence-electron chi connectivity index (χ0n) is 18.3. The highest BCUT2D eigenvalue weighted by Crippen LogP contribution is 2.33. The van der Waals surface area contributed by atoms with Crippen molar-refractivity contribution in [2.45, 2.75) is 11.8 Å². The van der Waals surface area contributed by atoms with Gasteiger partial charge in [-0.2, -0.15) is 10.2 Å². The van der Waals surface area contributed by atoms with E-state index in [1.165, 1.54) is 19.3 Å². The molecule has 0 saturated carbocycles. The summed E-state index contributed by atoms with van der Waals surface area (Å²) in [5, 5.41) is 4.10. The van der Waals surface area contributed by atoms with E-state index in [0.29, 0.717) is 38.1 Å². The number of benzene rings is 2. The van der Waals surface area contributed by atoms with Crippen molar-refractivity contribution >= 4 is 60.8 Å². The molecule has 2 aromatic carbocycles. The second-order valence-electron chi connectivity index (χ2n) is 7.42. The Kier molecular flexibility index (Phi) is 7.31. The number of nitrogens with zero attached hydrogens (tertiary/aromatic N) is 2. The average molecular weight is 556 g/mol. The number of hydrogen-bond acceptors (Lipinski definition) is 7. The lowest BCUT2D eigenvalue weighted by atomic mass is 10.0. The van der Waals surface area contributed by atoms with Crippen molar-refractivity contribution in [3.05, 3.63) is 83.0 Å². The fourth-order valence-electron chi connectivity index (χ4n) is 3.49. The molecule has 2 heterocycles. The van der Waals surface area contributed by atoms with Gasteiger partial charge in [0, 0.05) is 34.0 Å². The Balaban J connectivity index is 1.60. The van der Waals surface area contributed by atoms with Crippen LogP contribution in [0.2, 0.25) is 0 Å². The summed E-state index contributed by atoms with van der Waals surface area (Å²) in [4.78, 5) is 21.0. The molecule has 5 N–H and O–H groups in total. The summed E-state index contributed by atoms with van der Waals surface area (Å²) in [7, 11) is 0. The first-order valence-electron chi connectivity index (χ1n) is 10.2. The summed E-state index contributed by atoms with van der Waals surface area (Å²) >= 11 is 1.50. The molecule has 0 saturated heterocycles. The standard InChI is InChI=1S/C24H19BrFN5O3S/c1-13(15-3-2-14-6-9-30-23(27)18(14)10-15)22(26)24(32)31-20-5-4-16(11-19(20)25)17-7-8-29-12-21(17)35(33)34-28/h2-12H,28H2,1H3,(H2,27,30)(H,31,32). The van der Waals surface area contributed by atoms with Gasteiger partial charge in [-0.25, -0.2) is 13.6 Å². The summed E-state index contributed by atoms with van der Waals surface area (Å²) < 4.78 is 32.0. The molecule has 2 aromatic heterocycles. The van der Waals surface area contributed by atoms with E-state index < -0.39 is 22.8 Å². The summed E-state index contributed by atoms with van der Waals surface area (Å²) in [6, 6.07) is 13.6. The van der Waals surface area contributed by atoms with Crippen LogP contribution < -0.4 is 16.9 Å². The molecule has 35 heavy (non-hydrogen) atoms. The van der Waals surface area contributed by atoms with Crippen LogP contribution in [0.1, 0.15) is 12.5 Å². The van der Waals surface area contributed by atoms with Crippen molar-refractivity contribution in [1.82, 2.24) is 9.97 Å². The van der Waals surface area contributed by atoms with Crippen molar-refractivity contribution in [1.29, 1.82) is 0 Å². The molecule has 0 aliphatic heterocycles. The van der Waals surface area contributed by atoms with E-state index >= 15 is 4.39 Å². The van der Waals surface area contributed by atoms with Gasteiger partial charge in [-0.3, -0.25) is 9.78 Å². The van der Waals surface area contributed by atoms with Gasteiger partial charge in [0.2, 0.25) is 11.1 Å². The lowest BCUT2D eigenvalue weighted by Crippen LogP contribution is -2.13. The Bertz CT molecular complexity index is 1510. The highest BCUT2D eigenvalue weighted by atomic mass is 79.9. The van der Waals surface area contributed by atoms with E-state index in [1.54, 1.807) is 54.7 Å². The Hall–Kier alpha value is -3.51. The maximum absolute atomic E-state index is 15.1. The molecule has 11 heteroatoms. The van der Waals surface area contributed by atoms with Crippen LogP contribution in [0.5, 0.6) is 0 Å². The zero-order valence-corrected chi connectivity index (χ0v) is 20.7. The SMILES string of the molecule is CC(=C(F)C(=O)Nc1ccc(-c2ccncc2S(=O)ON)cc1Br)c1ccc2ccnc(N)c2c1. The van der Waals surface area contributed by atoms with Crippen LogP contribution in [-0.4, -0.2) is 20.1 Å². The predicted octanol–water partition coefficient (Wildman–Crippen LogP) is 4.89. The number of carbonyl (C=O) groups excluding carboxylic acids is 1. The monoisotopic (exact) mass is 555 g/mol. The number of pyridine rings is 2. The maximum atomic E-state index is 15.1. The molecule has 178 valence electrons. The molecule has 4 aromatic rings. The van der Waals surface area contributed by atoms with Gasteiger partial charge in [0.05, 0.1) is 10.6 Å². The second-order valence-corrected chi connectivity index (χ2v) is 9.38. The largest absolute Gasteiger partial charge is 0.383 e. The third kappa shape index (κ3) is 5.13. The molecule has 0 bridgehead atoms. The second kappa shape index (κ2) is 10.4. The quantitative estimate of drug-likeness (QED) is 0.227. The van der Waals surface area contributed by atoms with Gasteiger partial charge >= 0.3 is 0 Å². The molecule has 0 aliphatic rings. The molecule has 1 amide bonds. The number of fused-ring (bicyclic) bond motifs is 1. The lowest BCUT2D eigenvalue weighted by molar-refractivity contribution is -0.114. The van der Waals surface area contributed by atoms with Gasteiger partial charge in [0.15, 0.2) is 5.83 Å². The van der Waals surface area contributed by atoms with Crippen LogP contribution in [-0.2, 0) is 20.2 Å². The number of anilines is 2. The number of aromatic nitrogens is 2. The Morgan fingerprint density at radius 2 is 1.94 bits per heavy atom. The van der Waals surface area contributed by atoms with Crippen LogP contribution in [0.25, 0.3) is 27.5 Å². The van der Waals surface area contributed by atoms with Crippen LogP contribution in [0.3, 0.4) is 0 Å². The first kappa shape index (κ1) is 24.6. The third-order valence-electron chi connectivity index (χ3n) is 5.34. The number of amides is 1. The van der Waals surface area contributed by atoms with Crippen molar-refractivity contribution in [3.8, 4) is 11.1 Å². The fourth-order valence-corrected chi connectivity index (χ4v) is 4.58. The average Bonchev–Trinajstić information content (AvgIpc) is 2.88. The lowest BCUT2D eigenvalue weighted by Gasteiger charge is -2.12. The van der Waals surface area contributed by atoms with Crippen LogP contribution >= 0.6 is 15.9 Å². The van der Waals surface area contributed by atoms with E-state index in [2.05, 4.69) is 35.5 Å². The number of rotatable bonds is 6. The van der Waals surface area contributed by atoms with Crippen LogP contribution in [0, 0.1) is 0 Å². The molecule has 4 rings (SSSR count). The maximum Gasteiger partial charge on any atom is 0.284 e. The van der Waals surface area contributed by atoms with Crippen molar-refractivity contribution in [2.75, 3.05) is 11.1 Å². The predicted molar refractivity (Wildman–Crippen MR) is 138 cm³/mol. The van der Waals surface area contributed by atoms with Crippen molar-refractivity contribution in [2.24, 2.45) is 5.90 Å². The van der Waals surface area contributed by atoms with Gasteiger partial charge in [0.25, 0.3) is 5.91 Å². The van der Waals surface area contributed by atoms with E-state index in [9.17, 15) is 9.00 Å². The van der Waals surface area contributed by atoms with Gasteiger partial charge in [-0.05, 0) is 75.3 Å². The number of nitrogens with two attached hydrogens (primary N) is 2. The van der Waals surface area contributed by atoms with Crippen LogP contribution in [0.15, 0.2) is 82.3 Å². The molecule has 0 radical (unpaired) electrons. The number of carbonyl (C=O) groups is 1. The van der Waals surface area contributed by atoms with E-state index in [4.69, 9.17) is 11.6 Å². The Morgan fingerprint density at radius 1 is 1.14 bits per heavy atom. The van der Waals surface area contributed by atoms with Gasteiger partial charge in [0.1, 0.15) is 5.82 Å². The highest BCUT2D eigenvalue weighted by molar-refractivity contribution is 9.10. The normalized spacial score (nSPS) is 12.8. The number of nitrogens with one attached hydrogen (secondary N) is 1. The minimum absolute atomic E-state index is 0.158. The minimum Gasteiger partial charge on any atom is -0.383 e. The fraction of sp³-hybridized carbons (Fsp3) is 0.0417. The molecule has 1 atom stereocenters. The number of halogens is 2. The van der Waals surface area contributed by atoms with Gasteiger partial charge in [-0.15, -0.1) is 0 Å². The van der Waals surface area contributed by atoms with E-state index in [-0.39, 0.29) is 10.5 Å². The number of nitrogen functional groups attached to an aromatic ring is 1. The Morgan fingerprint density at radius 3 is 2.69 bits per heavy atom. The Labute approximate surface area is 211 Å². The smallest absolute Gasteiger partial charge is 0.284 e. The molecule has 8 nitrogen and oxygen atoms in total. The molecule has 1 unspecified atom stereocenters. The third-order valence-corrected chi connectivity index (χ3v) is 6.85. The summed E-state index contributed by atoms with van der Waals surface area (Å²) in [6.45, 7) is 1.52. The molecular weight excluding hydrogens is 537 g/mol. The highest BCUT2D eigenvalue weighted by Gasteiger charge is 2.18. The number of hydrogen-bond donors (Lipinski definition) is 3. The molecular formula is C24H19BrFN5O3S. The molecule has 0 spiro atoms.